The quantitative estimate of drug-likeness (QED) is 0.626. The molecule has 0 amide bonds. The van der Waals surface area contributed by atoms with Gasteiger partial charge < -0.3 is 10.2 Å². The number of hydrogen-bond acceptors (Lipinski definition) is 6. The molecule has 0 aliphatic carbocycles. The minimum absolute atomic E-state index is 0.0417. The summed E-state index contributed by atoms with van der Waals surface area (Å²) in [4.78, 5) is 0. The number of tetrazole rings is 1. The fourth-order valence-corrected chi connectivity index (χ4v) is 1.51. The highest BCUT2D eigenvalue weighted by Gasteiger charge is 2.06. The number of nitriles is 1. The summed E-state index contributed by atoms with van der Waals surface area (Å²) in [5.41, 5.74) is 0.892. The van der Waals surface area contributed by atoms with Crippen LogP contribution in [0.25, 0.3) is 11.4 Å². The van der Waals surface area contributed by atoms with Crippen LogP contribution >= 0.6 is 0 Å². The van der Waals surface area contributed by atoms with Crippen molar-refractivity contribution in [1.82, 2.24) is 20.6 Å². The van der Waals surface area contributed by atoms with Crippen LogP contribution in [-0.4, -0.2) is 30.8 Å². The van der Waals surface area contributed by atoms with Crippen LogP contribution in [0.5, 0.6) is 11.5 Å². The van der Waals surface area contributed by atoms with E-state index in [2.05, 4.69) is 20.6 Å². The highest BCUT2D eigenvalue weighted by Crippen LogP contribution is 2.24. The van der Waals surface area contributed by atoms with E-state index in [1.54, 1.807) is 42.5 Å². The molecule has 1 heterocycles. The van der Waals surface area contributed by atoms with E-state index >= 15 is 0 Å². The number of nitrogens with one attached hydrogen (secondary N) is 1. The number of phenols is 2. The predicted molar refractivity (Wildman–Crippen MR) is 74.1 cm³/mol. The van der Waals surface area contributed by atoms with Gasteiger partial charge in [0.15, 0.2) is 0 Å². The van der Waals surface area contributed by atoms with Crippen molar-refractivity contribution in [3.8, 4) is 29.0 Å². The van der Waals surface area contributed by atoms with Crippen molar-refractivity contribution < 1.29 is 10.2 Å². The van der Waals surface area contributed by atoms with E-state index in [-0.39, 0.29) is 11.5 Å². The molecular weight excluding hydrogens is 270 g/mol. The molecule has 0 aliphatic rings. The topological polar surface area (TPSA) is 119 Å². The van der Waals surface area contributed by atoms with E-state index in [0.29, 0.717) is 17.0 Å². The minimum Gasteiger partial charge on any atom is -0.507 e. The van der Waals surface area contributed by atoms with Gasteiger partial charge in [0.2, 0.25) is 5.82 Å². The van der Waals surface area contributed by atoms with Crippen LogP contribution in [0.15, 0.2) is 48.5 Å². The highest BCUT2D eigenvalue weighted by atomic mass is 16.3. The maximum Gasteiger partial charge on any atom is 0.208 e. The second-order valence-corrected chi connectivity index (χ2v) is 3.88. The summed E-state index contributed by atoms with van der Waals surface area (Å²) < 4.78 is 0. The molecule has 7 heteroatoms. The van der Waals surface area contributed by atoms with E-state index in [4.69, 9.17) is 10.4 Å². The second-order valence-electron chi connectivity index (χ2n) is 3.88. The van der Waals surface area contributed by atoms with Crippen LogP contribution in [0, 0.1) is 11.3 Å². The van der Waals surface area contributed by atoms with Gasteiger partial charge in [-0.1, -0.05) is 24.3 Å². The molecule has 0 aliphatic heterocycles. The molecule has 0 saturated carbocycles. The summed E-state index contributed by atoms with van der Waals surface area (Å²) in [7, 11) is 0. The standard InChI is InChI=1S/C7H6N4O.C7H5NO/c12-6-4-2-1-3-5(6)7-8-10-11-9-7;8-5-6-3-1-2-4-7(6)9/h1-4,12H,(H,8,9,10,11);1-4,9H. The molecule has 0 radical (unpaired) electrons. The Bertz CT molecular complexity index is 750. The number of hydrogen-bond donors (Lipinski definition) is 3. The molecule has 3 rings (SSSR count). The van der Waals surface area contributed by atoms with E-state index in [1.807, 2.05) is 6.07 Å². The zero-order valence-corrected chi connectivity index (χ0v) is 10.8. The number of nitrogens with zero attached hydrogens (tertiary/aromatic N) is 4. The molecule has 7 nitrogen and oxygen atoms in total. The first-order valence-electron chi connectivity index (χ1n) is 5.92. The minimum atomic E-state index is 0.0417. The van der Waals surface area contributed by atoms with Gasteiger partial charge in [0.05, 0.1) is 11.1 Å². The largest absolute Gasteiger partial charge is 0.507 e. The fourth-order valence-electron chi connectivity index (χ4n) is 1.51. The van der Waals surface area contributed by atoms with Crippen LogP contribution < -0.4 is 0 Å². The molecule has 104 valence electrons. The monoisotopic (exact) mass is 281 g/mol. The van der Waals surface area contributed by atoms with E-state index in [1.165, 1.54) is 6.07 Å². The number of aromatic nitrogens is 4. The molecule has 3 N–H and O–H groups in total. The van der Waals surface area contributed by atoms with Gasteiger partial charge >= 0.3 is 0 Å². The molecule has 1 aromatic heterocycles. The van der Waals surface area contributed by atoms with Gasteiger partial charge in [-0.05, 0) is 29.5 Å². The van der Waals surface area contributed by atoms with Crippen LogP contribution in [-0.2, 0) is 0 Å². The molecular formula is C14H11N5O2. The zero-order chi connectivity index (χ0) is 15.1. The molecule has 0 bridgehead atoms. The van der Waals surface area contributed by atoms with E-state index in [9.17, 15) is 5.11 Å². The van der Waals surface area contributed by atoms with Gasteiger partial charge in [-0.2, -0.15) is 10.5 Å². The Labute approximate surface area is 120 Å². The van der Waals surface area contributed by atoms with Crippen molar-refractivity contribution >= 4 is 0 Å². The molecule has 0 spiro atoms. The fraction of sp³-hybridized carbons (Fsp3) is 0. The number of phenolic OH excluding ortho intramolecular Hbond substituents is 2. The Balaban J connectivity index is 0.000000161. The lowest BCUT2D eigenvalue weighted by atomic mass is 10.2. The molecule has 2 aromatic carbocycles. The van der Waals surface area contributed by atoms with Gasteiger partial charge in [-0.25, -0.2) is 0 Å². The van der Waals surface area contributed by atoms with Gasteiger partial charge in [-0.15, -0.1) is 10.2 Å². The number of aromatic hydroxyl groups is 2. The average molecular weight is 281 g/mol. The van der Waals surface area contributed by atoms with Crippen molar-refractivity contribution in [1.29, 1.82) is 5.26 Å². The van der Waals surface area contributed by atoms with Crippen molar-refractivity contribution in [2.24, 2.45) is 0 Å². The third-order valence-electron chi connectivity index (χ3n) is 2.51. The summed E-state index contributed by atoms with van der Waals surface area (Å²) in [5, 5.41) is 39.7. The Hall–Kier alpha value is -3.40. The normalized spacial score (nSPS) is 9.29. The van der Waals surface area contributed by atoms with Gasteiger partial charge in [0, 0.05) is 0 Å². The number of H-pyrrole nitrogens is 1. The number of benzene rings is 2. The molecule has 21 heavy (non-hydrogen) atoms. The molecule has 0 unspecified atom stereocenters. The molecule has 0 atom stereocenters. The molecule has 0 saturated heterocycles. The summed E-state index contributed by atoms with van der Waals surface area (Å²) in [6, 6.07) is 15.1. The van der Waals surface area contributed by atoms with Crippen molar-refractivity contribution in [2.75, 3.05) is 0 Å². The van der Waals surface area contributed by atoms with Gasteiger partial charge in [0.25, 0.3) is 0 Å². The third kappa shape index (κ3) is 3.54. The van der Waals surface area contributed by atoms with Crippen LogP contribution in [0.3, 0.4) is 0 Å². The second kappa shape index (κ2) is 6.68. The van der Waals surface area contributed by atoms with Crippen molar-refractivity contribution in [3.05, 3.63) is 54.1 Å². The summed E-state index contributed by atoms with van der Waals surface area (Å²) in [6.45, 7) is 0. The third-order valence-corrected chi connectivity index (χ3v) is 2.51. The molecule has 0 fully saturated rings. The summed E-state index contributed by atoms with van der Waals surface area (Å²) in [5.74, 6) is 0.590. The van der Waals surface area contributed by atoms with Gasteiger partial charge in [-0.3, -0.25) is 0 Å². The lowest BCUT2D eigenvalue weighted by Gasteiger charge is -1.96. The van der Waals surface area contributed by atoms with E-state index < -0.39 is 0 Å². The smallest absolute Gasteiger partial charge is 0.208 e. The van der Waals surface area contributed by atoms with Crippen LogP contribution in [0.2, 0.25) is 0 Å². The average Bonchev–Trinajstić information content (AvgIpc) is 3.03. The lowest BCUT2D eigenvalue weighted by molar-refractivity contribution is 0.473. The zero-order valence-electron chi connectivity index (χ0n) is 10.8. The highest BCUT2D eigenvalue weighted by molar-refractivity contribution is 5.62. The van der Waals surface area contributed by atoms with Crippen LogP contribution in [0.1, 0.15) is 5.56 Å². The maximum absolute atomic E-state index is 9.36. The van der Waals surface area contributed by atoms with Crippen molar-refractivity contribution in [2.45, 2.75) is 0 Å². The van der Waals surface area contributed by atoms with Crippen molar-refractivity contribution in [3.63, 3.8) is 0 Å². The molecule has 3 aromatic rings. The SMILES string of the molecule is N#Cc1ccccc1O.Oc1ccccc1-c1nn[nH]n1. The van der Waals surface area contributed by atoms with Crippen LogP contribution in [0.4, 0.5) is 0 Å². The Morgan fingerprint density at radius 3 is 2.14 bits per heavy atom. The predicted octanol–water partition coefficient (Wildman–Crippen LogP) is 1.84. The number of para-hydroxylation sites is 2. The lowest BCUT2D eigenvalue weighted by Crippen LogP contribution is -1.80. The Kier molecular flexibility index (Phi) is 4.46. The first kappa shape index (κ1) is 14.0. The first-order chi connectivity index (χ1) is 10.2. The Morgan fingerprint density at radius 1 is 0.952 bits per heavy atom. The van der Waals surface area contributed by atoms with E-state index in [0.717, 1.165) is 0 Å². The maximum atomic E-state index is 9.36. The number of rotatable bonds is 1. The summed E-state index contributed by atoms with van der Waals surface area (Å²) in [6.07, 6.45) is 0. The number of aromatic amines is 1. The first-order valence-corrected chi connectivity index (χ1v) is 5.92. The Morgan fingerprint density at radius 2 is 1.62 bits per heavy atom. The van der Waals surface area contributed by atoms with Gasteiger partial charge in [0.1, 0.15) is 17.6 Å². The summed E-state index contributed by atoms with van der Waals surface area (Å²) >= 11 is 0.